The van der Waals surface area contributed by atoms with E-state index in [4.69, 9.17) is 4.52 Å². The predicted molar refractivity (Wildman–Crippen MR) is 61.3 cm³/mol. The maximum Gasteiger partial charge on any atom is 0.246 e. The molecule has 1 aliphatic rings. The number of aromatic nitrogens is 2. The molecule has 1 N–H and O–H groups in total. The Morgan fingerprint density at radius 1 is 1.50 bits per heavy atom. The van der Waals surface area contributed by atoms with Crippen LogP contribution >= 0.6 is 0 Å². The molecule has 7 heteroatoms. The van der Waals surface area contributed by atoms with Crippen LogP contribution in [0.15, 0.2) is 4.52 Å². The van der Waals surface area contributed by atoms with Gasteiger partial charge in [0.2, 0.25) is 17.7 Å². The molecule has 2 rings (SSSR count). The Bertz CT molecular complexity index is 457. The van der Waals surface area contributed by atoms with Gasteiger partial charge < -0.3 is 14.7 Å². The Hall–Kier alpha value is -1.92. The average molecular weight is 252 g/mol. The molecule has 98 valence electrons. The van der Waals surface area contributed by atoms with Crippen LogP contribution in [0.3, 0.4) is 0 Å². The smallest absolute Gasteiger partial charge is 0.246 e. The van der Waals surface area contributed by atoms with Crippen molar-refractivity contribution >= 4 is 11.8 Å². The van der Waals surface area contributed by atoms with Crippen molar-refractivity contribution in [3.8, 4) is 0 Å². The van der Waals surface area contributed by atoms with Crippen LogP contribution in [0.2, 0.25) is 0 Å². The summed E-state index contributed by atoms with van der Waals surface area (Å²) in [7, 11) is 0. The molecule has 2 heterocycles. The van der Waals surface area contributed by atoms with Gasteiger partial charge in [0.25, 0.3) is 0 Å². The fraction of sp³-hybridized carbons (Fsp3) is 0.636. The summed E-state index contributed by atoms with van der Waals surface area (Å²) >= 11 is 0. The lowest BCUT2D eigenvalue weighted by atomic mass is 10.1. The Labute approximate surface area is 105 Å². The molecule has 1 atom stereocenters. The second-order valence-corrected chi connectivity index (χ2v) is 4.33. The molecule has 0 spiro atoms. The number of carbonyl (C=O) groups excluding carboxylic acids is 2. The summed E-state index contributed by atoms with van der Waals surface area (Å²) < 4.78 is 4.84. The number of hydrogen-bond donors (Lipinski definition) is 1. The first kappa shape index (κ1) is 12.5. The highest BCUT2D eigenvalue weighted by Crippen LogP contribution is 2.10. The molecular formula is C11H16N4O3. The number of aryl methyl sites for hydroxylation is 1. The largest absolute Gasteiger partial charge is 0.343 e. The van der Waals surface area contributed by atoms with Crippen LogP contribution in [0.25, 0.3) is 0 Å². The minimum absolute atomic E-state index is 0.0482. The van der Waals surface area contributed by atoms with Crippen LogP contribution in [0.1, 0.15) is 31.5 Å². The van der Waals surface area contributed by atoms with Crippen LogP contribution in [0.4, 0.5) is 0 Å². The zero-order valence-corrected chi connectivity index (χ0v) is 10.5. The number of carbonyl (C=O) groups is 2. The molecule has 0 radical (unpaired) electrons. The van der Waals surface area contributed by atoms with Crippen molar-refractivity contribution < 1.29 is 14.1 Å². The zero-order chi connectivity index (χ0) is 13.1. The maximum atomic E-state index is 12.1. The van der Waals surface area contributed by atoms with Crippen LogP contribution < -0.4 is 5.32 Å². The fourth-order valence-electron chi connectivity index (χ4n) is 1.97. The van der Waals surface area contributed by atoms with Crippen LogP contribution in [0, 0.1) is 6.92 Å². The van der Waals surface area contributed by atoms with Gasteiger partial charge in [-0.15, -0.1) is 0 Å². The van der Waals surface area contributed by atoms with E-state index < -0.39 is 6.04 Å². The first-order valence-electron chi connectivity index (χ1n) is 5.97. The molecular weight excluding hydrogens is 236 g/mol. The highest BCUT2D eigenvalue weighted by atomic mass is 16.5. The Morgan fingerprint density at radius 3 is 2.89 bits per heavy atom. The molecule has 0 aromatic carbocycles. The van der Waals surface area contributed by atoms with Crippen LogP contribution in [-0.2, 0) is 16.1 Å². The second-order valence-electron chi connectivity index (χ2n) is 4.33. The van der Waals surface area contributed by atoms with E-state index in [2.05, 4.69) is 15.5 Å². The molecule has 18 heavy (non-hydrogen) atoms. The quantitative estimate of drug-likeness (QED) is 0.815. The molecule has 0 saturated carbocycles. The van der Waals surface area contributed by atoms with Gasteiger partial charge in [-0.2, -0.15) is 4.98 Å². The fourth-order valence-corrected chi connectivity index (χ4v) is 1.97. The SMILES string of the molecule is CCCC1NC(=O)CN(Cc2noc(C)n2)C1=O. The highest BCUT2D eigenvalue weighted by molar-refractivity contribution is 5.94. The minimum atomic E-state index is -0.427. The van der Waals surface area contributed by atoms with Crippen molar-refractivity contribution in [2.24, 2.45) is 0 Å². The van der Waals surface area contributed by atoms with E-state index in [1.54, 1.807) is 6.92 Å². The lowest BCUT2D eigenvalue weighted by Gasteiger charge is -2.31. The van der Waals surface area contributed by atoms with Crippen molar-refractivity contribution in [1.29, 1.82) is 0 Å². The van der Waals surface area contributed by atoms with Crippen molar-refractivity contribution in [3.05, 3.63) is 11.7 Å². The number of rotatable bonds is 4. The third kappa shape index (κ3) is 2.66. The van der Waals surface area contributed by atoms with E-state index in [0.717, 1.165) is 6.42 Å². The summed E-state index contributed by atoms with van der Waals surface area (Å²) in [4.78, 5) is 29.1. The summed E-state index contributed by atoms with van der Waals surface area (Å²) in [6, 6.07) is -0.427. The maximum absolute atomic E-state index is 12.1. The Balaban J connectivity index is 2.06. The molecule has 1 saturated heterocycles. The number of hydrogen-bond acceptors (Lipinski definition) is 5. The third-order valence-corrected chi connectivity index (χ3v) is 2.76. The summed E-state index contributed by atoms with van der Waals surface area (Å²) in [5.41, 5.74) is 0. The normalized spacial score (nSPS) is 20.1. The van der Waals surface area contributed by atoms with Gasteiger partial charge in [0, 0.05) is 6.92 Å². The molecule has 1 aromatic heterocycles. The molecule has 1 aliphatic heterocycles. The van der Waals surface area contributed by atoms with E-state index in [1.165, 1.54) is 4.90 Å². The van der Waals surface area contributed by atoms with Gasteiger partial charge in [0.1, 0.15) is 12.6 Å². The molecule has 1 unspecified atom stereocenters. The van der Waals surface area contributed by atoms with E-state index in [0.29, 0.717) is 18.1 Å². The van der Waals surface area contributed by atoms with Crippen molar-refractivity contribution in [2.45, 2.75) is 39.3 Å². The summed E-state index contributed by atoms with van der Waals surface area (Å²) in [5.74, 6) is 0.641. The van der Waals surface area contributed by atoms with Gasteiger partial charge in [-0.1, -0.05) is 18.5 Å². The lowest BCUT2D eigenvalue weighted by molar-refractivity contribution is -0.145. The predicted octanol–water partition coefficient (Wildman–Crippen LogP) is 0.00512. The van der Waals surface area contributed by atoms with Gasteiger partial charge in [-0.05, 0) is 6.42 Å². The number of nitrogens with zero attached hydrogens (tertiary/aromatic N) is 3. The van der Waals surface area contributed by atoms with Crippen LogP contribution in [-0.4, -0.2) is 39.4 Å². The summed E-state index contributed by atoms with van der Waals surface area (Å²) in [6.07, 6.45) is 1.48. The zero-order valence-electron chi connectivity index (χ0n) is 10.5. The summed E-state index contributed by atoms with van der Waals surface area (Å²) in [6.45, 7) is 3.92. The van der Waals surface area contributed by atoms with Gasteiger partial charge in [0.15, 0.2) is 5.82 Å². The first-order chi connectivity index (χ1) is 8.60. The van der Waals surface area contributed by atoms with E-state index in [-0.39, 0.29) is 24.9 Å². The lowest BCUT2D eigenvalue weighted by Crippen LogP contribution is -2.57. The van der Waals surface area contributed by atoms with E-state index >= 15 is 0 Å². The number of amides is 2. The van der Waals surface area contributed by atoms with Gasteiger partial charge in [-0.25, -0.2) is 0 Å². The van der Waals surface area contributed by atoms with Crippen molar-refractivity contribution in [2.75, 3.05) is 6.54 Å². The van der Waals surface area contributed by atoms with E-state index in [9.17, 15) is 9.59 Å². The molecule has 0 bridgehead atoms. The molecule has 7 nitrogen and oxygen atoms in total. The standard InChI is InChI=1S/C11H16N4O3/c1-3-4-8-11(17)15(6-10(16)13-8)5-9-12-7(2)18-14-9/h8H,3-6H2,1-2H3,(H,13,16). The van der Waals surface area contributed by atoms with Gasteiger partial charge in [0.05, 0.1) is 6.54 Å². The highest BCUT2D eigenvalue weighted by Gasteiger charge is 2.32. The first-order valence-corrected chi connectivity index (χ1v) is 5.97. The molecule has 1 aromatic rings. The minimum Gasteiger partial charge on any atom is -0.343 e. The molecule has 0 aliphatic carbocycles. The molecule has 1 fully saturated rings. The van der Waals surface area contributed by atoms with Gasteiger partial charge >= 0.3 is 0 Å². The third-order valence-electron chi connectivity index (χ3n) is 2.76. The topological polar surface area (TPSA) is 88.3 Å². The summed E-state index contributed by atoms with van der Waals surface area (Å²) in [5, 5.41) is 6.42. The van der Waals surface area contributed by atoms with Crippen LogP contribution in [0.5, 0.6) is 0 Å². The number of piperazine rings is 1. The Morgan fingerprint density at radius 2 is 2.28 bits per heavy atom. The average Bonchev–Trinajstić information content (AvgIpc) is 2.71. The van der Waals surface area contributed by atoms with Gasteiger partial charge in [-0.3, -0.25) is 9.59 Å². The van der Waals surface area contributed by atoms with E-state index in [1.807, 2.05) is 6.92 Å². The Kier molecular flexibility index (Phi) is 3.59. The van der Waals surface area contributed by atoms with Crippen molar-refractivity contribution in [3.63, 3.8) is 0 Å². The molecule has 2 amide bonds. The number of nitrogens with one attached hydrogen (secondary N) is 1. The van der Waals surface area contributed by atoms with Crippen molar-refractivity contribution in [1.82, 2.24) is 20.4 Å². The second kappa shape index (κ2) is 5.16. The monoisotopic (exact) mass is 252 g/mol.